The van der Waals surface area contributed by atoms with Crippen molar-refractivity contribution in [2.75, 3.05) is 45.3 Å². The van der Waals surface area contributed by atoms with Crippen LogP contribution in [0.2, 0.25) is 0 Å². The van der Waals surface area contributed by atoms with Crippen molar-refractivity contribution in [3.05, 3.63) is 57.6 Å². The van der Waals surface area contributed by atoms with Crippen molar-refractivity contribution >= 4 is 23.6 Å². The van der Waals surface area contributed by atoms with Gasteiger partial charge in [-0.1, -0.05) is 0 Å². The number of anilines is 1. The van der Waals surface area contributed by atoms with E-state index < -0.39 is 4.92 Å². The molecule has 9 heteroatoms. The van der Waals surface area contributed by atoms with Gasteiger partial charge >= 0.3 is 0 Å². The number of nitro groups is 1. The highest BCUT2D eigenvalue weighted by molar-refractivity contribution is 5.96. The topological polar surface area (TPSA) is 102 Å². The maximum Gasteiger partial charge on any atom is 0.280 e. The number of piperazine rings is 1. The van der Waals surface area contributed by atoms with Gasteiger partial charge in [0.25, 0.3) is 11.6 Å². The number of carbonyl (C=O) groups is 2. The molecule has 152 valence electrons. The minimum atomic E-state index is -0.658. The molecule has 1 fully saturated rings. The monoisotopic (exact) mass is 399 g/mol. The van der Waals surface area contributed by atoms with Crippen molar-refractivity contribution in [2.45, 2.75) is 0 Å². The second-order valence-electron chi connectivity index (χ2n) is 6.50. The summed E-state index contributed by atoms with van der Waals surface area (Å²) in [5.74, 6) is 1.06. The number of aldehydes is 1. The van der Waals surface area contributed by atoms with Crippen LogP contribution in [0.25, 0.3) is 0 Å². The fourth-order valence-electron chi connectivity index (χ4n) is 3.26. The van der Waals surface area contributed by atoms with Gasteiger partial charge in [0, 0.05) is 61.7 Å². The molecule has 0 aliphatic carbocycles. The Bertz CT molecular complexity index is 916. The van der Waals surface area contributed by atoms with Gasteiger partial charge in [-0.2, -0.15) is 0 Å². The lowest BCUT2D eigenvalue weighted by Gasteiger charge is -2.36. The molecule has 0 saturated carbocycles. The van der Waals surface area contributed by atoms with E-state index in [4.69, 9.17) is 9.47 Å². The molecule has 0 aromatic heterocycles. The summed E-state index contributed by atoms with van der Waals surface area (Å²) in [5, 5.41) is 11.1. The number of hydrogen-bond donors (Lipinski definition) is 0. The number of rotatable bonds is 6. The lowest BCUT2D eigenvalue weighted by molar-refractivity contribution is -0.385. The van der Waals surface area contributed by atoms with Crippen LogP contribution in [-0.4, -0.2) is 62.4 Å². The molecule has 2 aromatic rings. The maximum atomic E-state index is 12.8. The summed E-state index contributed by atoms with van der Waals surface area (Å²) >= 11 is 0. The number of nitro benzene ring substituents is 1. The average Bonchev–Trinajstić information content (AvgIpc) is 2.77. The van der Waals surface area contributed by atoms with Crippen LogP contribution in [-0.2, 0) is 0 Å². The van der Waals surface area contributed by atoms with Crippen LogP contribution in [0.3, 0.4) is 0 Å². The summed E-state index contributed by atoms with van der Waals surface area (Å²) < 4.78 is 10.6. The van der Waals surface area contributed by atoms with Crippen LogP contribution >= 0.6 is 0 Å². The highest BCUT2D eigenvalue weighted by atomic mass is 16.6. The number of hydrogen-bond acceptors (Lipinski definition) is 7. The Labute approximate surface area is 167 Å². The first-order valence-electron chi connectivity index (χ1n) is 8.97. The quantitative estimate of drug-likeness (QED) is 0.417. The smallest absolute Gasteiger partial charge is 0.280 e. The third kappa shape index (κ3) is 4.29. The molecule has 0 unspecified atom stereocenters. The number of methoxy groups -OCH3 is 2. The predicted octanol–water partition coefficient (Wildman–Crippen LogP) is 2.39. The molecule has 29 heavy (non-hydrogen) atoms. The number of amides is 1. The third-order valence-electron chi connectivity index (χ3n) is 4.87. The van der Waals surface area contributed by atoms with Gasteiger partial charge in [-0.25, -0.2) is 0 Å². The Morgan fingerprint density at radius 3 is 2.17 bits per heavy atom. The van der Waals surface area contributed by atoms with Gasteiger partial charge in [0.2, 0.25) is 0 Å². The first-order chi connectivity index (χ1) is 14.0. The molecule has 1 aliphatic rings. The van der Waals surface area contributed by atoms with E-state index in [0.29, 0.717) is 44.0 Å². The Kier molecular flexibility index (Phi) is 5.96. The Balaban J connectivity index is 1.72. The van der Waals surface area contributed by atoms with E-state index in [9.17, 15) is 19.7 Å². The SMILES string of the molecule is COc1cc(OC)cc(N2CCN(C(=O)c3ccc(C=O)c([N+](=O)[O-])c3)CC2)c1. The zero-order valence-corrected chi connectivity index (χ0v) is 16.2. The molecule has 1 amide bonds. The van der Waals surface area contributed by atoms with Crippen LogP contribution < -0.4 is 14.4 Å². The summed E-state index contributed by atoms with van der Waals surface area (Å²) in [6, 6.07) is 9.50. The minimum Gasteiger partial charge on any atom is -0.497 e. The number of carbonyl (C=O) groups excluding carboxylic acids is 2. The van der Waals surface area contributed by atoms with Crippen molar-refractivity contribution in [1.82, 2.24) is 4.90 Å². The number of benzene rings is 2. The van der Waals surface area contributed by atoms with Crippen LogP contribution in [0.1, 0.15) is 20.7 Å². The van der Waals surface area contributed by atoms with Crippen molar-refractivity contribution in [2.24, 2.45) is 0 Å². The lowest BCUT2D eigenvalue weighted by atomic mass is 10.1. The number of ether oxygens (including phenoxy) is 2. The molecule has 3 rings (SSSR count). The molecule has 0 bridgehead atoms. The van der Waals surface area contributed by atoms with Crippen molar-refractivity contribution in [3.63, 3.8) is 0 Å². The van der Waals surface area contributed by atoms with Crippen molar-refractivity contribution in [3.8, 4) is 11.5 Å². The summed E-state index contributed by atoms with van der Waals surface area (Å²) in [4.78, 5) is 38.0. The van der Waals surface area contributed by atoms with Gasteiger partial charge in [0.05, 0.1) is 24.7 Å². The predicted molar refractivity (Wildman–Crippen MR) is 106 cm³/mol. The van der Waals surface area contributed by atoms with Crippen molar-refractivity contribution in [1.29, 1.82) is 0 Å². The Morgan fingerprint density at radius 1 is 1.03 bits per heavy atom. The molecule has 9 nitrogen and oxygen atoms in total. The third-order valence-corrected chi connectivity index (χ3v) is 4.87. The van der Waals surface area contributed by atoms with Crippen LogP contribution in [0, 0.1) is 10.1 Å². The Hall–Kier alpha value is -3.62. The molecule has 0 N–H and O–H groups in total. The standard InChI is InChI=1S/C20H21N3O6/c1-28-17-10-16(11-18(12-17)29-2)21-5-7-22(8-6-21)20(25)14-3-4-15(13-24)19(9-14)23(26)27/h3-4,9-13H,5-8H2,1-2H3. The van der Waals surface area contributed by atoms with Crippen LogP contribution in [0.5, 0.6) is 11.5 Å². The molecule has 1 saturated heterocycles. The molecule has 0 radical (unpaired) electrons. The van der Waals surface area contributed by atoms with Crippen LogP contribution in [0.15, 0.2) is 36.4 Å². The zero-order chi connectivity index (χ0) is 21.0. The molecule has 1 heterocycles. The summed E-state index contributed by atoms with van der Waals surface area (Å²) in [7, 11) is 3.18. The van der Waals surface area contributed by atoms with E-state index in [-0.39, 0.29) is 22.7 Å². The normalized spacial score (nSPS) is 13.7. The lowest BCUT2D eigenvalue weighted by Crippen LogP contribution is -2.48. The van der Waals surface area contributed by atoms with E-state index >= 15 is 0 Å². The van der Waals surface area contributed by atoms with E-state index in [1.807, 2.05) is 12.1 Å². The highest BCUT2D eigenvalue weighted by Crippen LogP contribution is 2.29. The molecule has 0 spiro atoms. The molecular weight excluding hydrogens is 378 g/mol. The van der Waals surface area contributed by atoms with Crippen LogP contribution in [0.4, 0.5) is 11.4 Å². The first-order valence-corrected chi connectivity index (χ1v) is 8.97. The average molecular weight is 399 g/mol. The first kappa shape index (κ1) is 20.1. The maximum absolute atomic E-state index is 12.8. The van der Waals surface area contributed by atoms with Gasteiger partial charge in [-0.15, -0.1) is 0 Å². The van der Waals surface area contributed by atoms with E-state index in [1.165, 1.54) is 12.1 Å². The van der Waals surface area contributed by atoms with E-state index in [1.54, 1.807) is 25.2 Å². The molecule has 0 atom stereocenters. The second-order valence-corrected chi connectivity index (χ2v) is 6.50. The van der Waals surface area contributed by atoms with Crippen molar-refractivity contribution < 1.29 is 24.0 Å². The second kappa shape index (κ2) is 8.59. The summed E-state index contributed by atoms with van der Waals surface area (Å²) in [6.45, 7) is 2.11. The van der Waals surface area contributed by atoms with Gasteiger partial charge in [0.1, 0.15) is 11.5 Å². The van der Waals surface area contributed by atoms with E-state index in [0.717, 1.165) is 11.8 Å². The number of nitrogens with zero attached hydrogens (tertiary/aromatic N) is 3. The summed E-state index contributed by atoms with van der Waals surface area (Å²) in [6.07, 6.45) is 0.410. The fourth-order valence-corrected chi connectivity index (χ4v) is 3.26. The van der Waals surface area contributed by atoms with Gasteiger partial charge < -0.3 is 19.3 Å². The van der Waals surface area contributed by atoms with Gasteiger partial charge in [0.15, 0.2) is 6.29 Å². The van der Waals surface area contributed by atoms with E-state index in [2.05, 4.69) is 4.90 Å². The largest absolute Gasteiger partial charge is 0.497 e. The fraction of sp³-hybridized carbons (Fsp3) is 0.300. The molecular formula is C20H21N3O6. The molecule has 2 aromatic carbocycles. The minimum absolute atomic E-state index is 0.0525. The van der Waals surface area contributed by atoms with Gasteiger partial charge in [-0.05, 0) is 12.1 Å². The van der Waals surface area contributed by atoms with Gasteiger partial charge in [-0.3, -0.25) is 19.7 Å². The Morgan fingerprint density at radius 2 is 1.66 bits per heavy atom. The molecule has 1 aliphatic heterocycles. The zero-order valence-electron chi connectivity index (χ0n) is 16.2. The highest BCUT2D eigenvalue weighted by Gasteiger charge is 2.25. The summed E-state index contributed by atoms with van der Waals surface area (Å²) in [5.41, 5.74) is 0.703.